The molecule has 0 spiro atoms. The maximum absolute atomic E-state index is 12.9. The highest BCUT2D eigenvalue weighted by Gasteiger charge is 2.18. The molecule has 0 radical (unpaired) electrons. The molecule has 0 N–H and O–H groups in total. The van der Waals surface area contributed by atoms with Crippen LogP contribution in [0.2, 0.25) is 0 Å². The molecule has 5 rings (SSSR count). The van der Waals surface area contributed by atoms with Crippen LogP contribution in [0.4, 0.5) is 0 Å². The third kappa shape index (κ3) is 3.06. The van der Waals surface area contributed by atoms with Crippen molar-refractivity contribution in [3.63, 3.8) is 0 Å². The predicted molar refractivity (Wildman–Crippen MR) is 118 cm³/mol. The number of thioether (sulfide) groups is 1. The van der Waals surface area contributed by atoms with Crippen LogP contribution in [0.5, 0.6) is 0 Å². The maximum Gasteiger partial charge on any atom is 0.263 e. The van der Waals surface area contributed by atoms with Crippen molar-refractivity contribution < 1.29 is 4.79 Å². The van der Waals surface area contributed by atoms with Gasteiger partial charge in [-0.3, -0.25) is 18.6 Å². The molecule has 150 valence electrons. The van der Waals surface area contributed by atoms with E-state index in [0.29, 0.717) is 22.9 Å². The van der Waals surface area contributed by atoms with Gasteiger partial charge in [0.1, 0.15) is 0 Å². The molecule has 1 aliphatic carbocycles. The molecule has 30 heavy (non-hydrogen) atoms. The second-order valence-corrected chi connectivity index (χ2v) is 8.33. The van der Waals surface area contributed by atoms with E-state index >= 15 is 0 Å². The molecule has 1 aliphatic rings. The Labute approximate surface area is 177 Å². The summed E-state index contributed by atoms with van der Waals surface area (Å²) in [5.74, 6) is 0.773. The summed E-state index contributed by atoms with van der Waals surface area (Å²) < 4.78 is 3.40. The number of ketones is 1. The number of para-hydroxylation sites is 1. The number of aryl methyl sites for hydroxylation is 2. The SMILES string of the molecule is C=CCn1c(=O)c2ccccc2n2c(SCC(=O)c3ccc4c(c3)CCC4)nnc12. The van der Waals surface area contributed by atoms with Gasteiger partial charge in [0.05, 0.1) is 16.7 Å². The third-order valence-corrected chi connectivity index (χ3v) is 6.47. The Hall–Kier alpha value is -3.19. The molecular weight excluding hydrogens is 396 g/mol. The number of allylic oxidation sites excluding steroid dienone is 1. The lowest BCUT2D eigenvalue weighted by Gasteiger charge is -2.09. The quantitative estimate of drug-likeness (QED) is 0.272. The summed E-state index contributed by atoms with van der Waals surface area (Å²) in [7, 11) is 0. The minimum absolute atomic E-state index is 0.0650. The molecule has 2 heterocycles. The number of rotatable bonds is 6. The topological polar surface area (TPSA) is 69.3 Å². The van der Waals surface area contributed by atoms with E-state index in [-0.39, 0.29) is 17.1 Å². The molecule has 0 aliphatic heterocycles. The lowest BCUT2D eigenvalue weighted by molar-refractivity contribution is 0.102. The van der Waals surface area contributed by atoms with Gasteiger partial charge < -0.3 is 0 Å². The fraction of sp³-hybridized carbons (Fsp3) is 0.217. The van der Waals surface area contributed by atoms with Crippen molar-refractivity contribution in [1.82, 2.24) is 19.2 Å². The monoisotopic (exact) mass is 416 g/mol. The summed E-state index contributed by atoms with van der Waals surface area (Å²) in [5.41, 5.74) is 3.99. The van der Waals surface area contributed by atoms with Crippen LogP contribution in [-0.4, -0.2) is 30.7 Å². The molecule has 0 atom stereocenters. The summed E-state index contributed by atoms with van der Waals surface area (Å²) in [4.78, 5) is 25.7. The van der Waals surface area contributed by atoms with Crippen molar-refractivity contribution in [2.24, 2.45) is 0 Å². The zero-order chi connectivity index (χ0) is 20.7. The first kappa shape index (κ1) is 18.8. The number of carbonyl (C=O) groups is 1. The van der Waals surface area contributed by atoms with Crippen molar-refractivity contribution in [2.45, 2.75) is 31.0 Å². The van der Waals surface area contributed by atoms with Gasteiger partial charge in [-0.25, -0.2) is 0 Å². The van der Waals surface area contributed by atoms with Gasteiger partial charge in [0, 0.05) is 12.1 Å². The van der Waals surface area contributed by atoms with Crippen LogP contribution in [0.3, 0.4) is 0 Å². The molecule has 0 bridgehead atoms. The summed E-state index contributed by atoms with van der Waals surface area (Å²) in [6.07, 6.45) is 4.97. The number of fused-ring (bicyclic) bond motifs is 4. The Balaban J connectivity index is 1.51. The van der Waals surface area contributed by atoms with Crippen LogP contribution in [0, 0.1) is 0 Å². The Morgan fingerprint density at radius 2 is 1.97 bits per heavy atom. The van der Waals surface area contributed by atoms with E-state index in [1.165, 1.54) is 22.9 Å². The van der Waals surface area contributed by atoms with Gasteiger partial charge in [-0.15, -0.1) is 16.8 Å². The second kappa shape index (κ2) is 7.57. The maximum atomic E-state index is 12.9. The number of benzene rings is 2. The molecule has 0 fully saturated rings. The van der Waals surface area contributed by atoms with Crippen LogP contribution in [0.25, 0.3) is 16.7 Å². The molecule has 6 nitrogen and oxygen atoms in total. The van der Waals surface area contributed by atoms with Crippen molar-refractivity contribution in [3.05, 3.63) is 82.2 Å². The van der Waals surface area contributed by atoms with E-state index in [2.05, 4.69) is 22.8 Å². The van der Waals surface area contributed by atoms with E-state index in [9.17, 15) is 9.59 Å². The first-order valence-corrected chi connectivity index (χ1v) is 10.9. The van der Waals surface area contributed by atoms with Gasteiger partial charge in [0.15, 0.2) is 10.9 Å². The van der Waals surface area contributed by atoms with Crippen molar-refractivity contribution >= 4 is 34.2 Å². The van der Waals surface area contributed by atoms with Crippen LogP contribution in [0.15, 0.2) is 65.1 Å². The van der Waals surface area contributed by atoms with Crippen LogP contribution < -0.4 is 5.56 Å². The Morgan fingerprint density at radius 3 is 2.83 bits per heavy atom. The zero-order valence-electron chi connectivity index (χ0n) is 16.4. The van der Waals surface area contributed by atoms with Crippen molar-refractivity contribution in [2.75, 3.05) is 5.75 Å². The molecule has 0 saturated heterocycles. The van der Waals surface area contributed by atoms with Gasteiger partial charge in [-0.05, 0) is 48.6 Å². The molecule has 2 aromatic carbocycles. The Kier molecular flexibility index (Phi) is 4.75. The zero-order valence-corrected chi connectivity index (χ0v) is 17.2. The number of carbonyl (C=O) groups excluding carboxylic acids is 1. The highest BCUT2D eigenvalue weighted by atomic mass is 32.2. The van der Waals surface area contributed by atoms with E-state index < -0.39 is 0 Å². The standard InChI is InChI=1S/C23H20N4O2S/c1-2-12-26-21(29)18-8-3-4-9-19(18)27-22(26)24-25-23(27)30-14-20(28)17-11-10-15-6-5-7-16(15)13-17/h2-4,8-11,13H,1,5-7,12,14H2. The molecular formula is C23H20N4O2S. The minimum Gasteiger partial charge on any atom is -0.293 e. The van der Waals surface area contributed by atoms with Crippen LogP contribution in [0.1, 0.15) is 27.9 Å². The van der Waals surface area contributed by atoms with Gasteiger partial charge in [0.2, 0.25) is 5.78 Å². The highest BCUT2D eigenvalue weighted by Crippen LogP contribution is 2.25. The summed E-state index contributed by atoms with van der Waals surface area (Å²) in [6, 6.07) is 13.4. The predicted octanol–water partition coefficient (Wildman–Crippen LogP) is 3.69. The number of Topliss-reactive ketones (excluding diaryl/α,β-unsaturated/α-hetero) is 1. The number of hydrogen-bond donors (Lipinski definition) is 0. The summed E-state index contributed by atoms with van der Waals surface area (Å²) in [5, 5.41) is 9.70. The third-order valence-electron chi connectivity index (χ3n) is 5.54. The fourth-order valence-corrected chi connectivity index (χ4v) is 4.91. The molecule has 0 amide bonds. The van der Waals surface area contributed by atoms with E-state index in [4.69, 9.17) is 0 Å². The first-order valence-electron chi connectivity index (χ1n) is 9.93. The van der Waals surface area contributed by atoms with Crippen molar-refractivity contribution in [1.29, 1.82) is 0 Å². The largest absolute Gasteiger partial charge is 0.293 e. The Morgan fingerprint density at radius 1 is 1.13 bits per heavy atom. The Bertz CT molecular complexity index is 1370. The molecule has 7 heteroatoms. The lowest BCUT2D eigenvalue weighted by atomic mass is 10.0. The van der Waals surface area contributed by atoms with E-state index in [1.54, 1.807) is 16.7 Å². The second-order valence-electron chi connectivity index (χ2n) is 7.39. The van der Waals surface area contributed by atoms with Crippen molar-refractivity contribution in [3.8, 4) is 0 Å². The minimum atomic E-state index is -0.129. The fourth-order valence-electron chi connectivity index (χ4n) is 4.08. The number of nitrogens with zero attached hydrogens (tertiary/aromatic N) is 4. The number of aromatic nitrogens is 4. The van der Waals surface area contributed by atoms with Crippen LogP contribution >= 0.6 is 11.8 Å². The number of hydrogen-bond acceptors (Lipinski definition) is 5. The first-order chi connectivity index (χ1) is 14.7. The lowest BCUT2D eigenvalue weighted by Crippen LogP contribution is -2.22. The molecule has 2 aromatic heterocycles. The van der Waals surface area contributed by atoms with E-state index in [1.807, 2.05) is 34.7 Å². The van der Waals surface area contributed by atoms with Gasteiger partial charge in [-0.2, -0.15) is 0 Å². The van der Waals surface area contributed by atoms with Crippen LogP contribution in [-0.2, 0) is 19.4 Å². The molecule has 4 aromatic rings. The van der Waals surface area contributed by atoms with Gasteiger partial charge >= 0.3 is 0 Å². The molecule has 0 saturated carbocycles. The summed E-state index contributed by atoms with van der Waals surface area (Å²) in [6.45, 7) is 4.08. The average Bonchev–Trinajstić information content (AvgIpc) is 3.41. The summed E-state index contributed by atoms with van der Waals surface area (Å²) >= 11 is 1.34. The van der Waals surface area contributed by atoms with E-state index in [0.717, 1.165) is 30.3 Å². The highest BCUT2D eigenvalue weighted by molar-refractivity contribution is 7.99. The van der Waals surface area contributed by atoms with Gasteiger partial charge in [0.25, 0.3) is 5.56 Å². The molecule has 0 unspecified atom stereocenters. The average molecular weight is 417 g/mol. The normalized spacial score (nSPS) is 13.1. The smallest absolute Gasteiger partial charge is 0.263 e. The van der Waals surface area contributed by atoms with Gasteiger partial charge in [-0.1, -0.05) is 42.1 Å².